The van der Waals surface area contributed by atoms with Crippen molar-refractivity contribution < 1.29 is 18.0 Å². The SMILES string of the molecule is CCCC(=O)Nc1cc(C)nn1-c1ccc(C(F)(F)F)cn1. The van der Waals surface area contributed by atoms with Crippen LogP contribution in [-0.4, -0.2) is 20.7 Å². The summed E-state index contributed by atoms with van der Waals surface area (Å²) in [5.41, 5.74) is -0.217. The Morgan fingerprint density at radius 1 is 1.36 bits per heavy atom. The number of hydrogen-bond acceptors (Lipinski definition) is 3. The van der Waals surface area contributed by atoms with Crippen LogP contribution in [0.15, 0.2) is 24.4 Å². The van der Waals surface area contributed by atoms with Gasteiger partial charge < -0.3 is 5.32 Å². The Labute approximate surface area is 125 Å². The van der Waals surface area contributed by atoms with Gasteiger partial charge in [-0.25, -0.2) is 4.98 Å². The minimum absolute atomic E-state index is 0.185. The lowest BCUT2D eigenvalue weighted by Crippen LogP contribution is -2.15. The zero-order chi connectivity index (χ0) is 16.3. The lowest BCUT2D eigenvalue weighted by molar-refractivity contribution is -0.137. The highest BCUT2D eigenvalue weighted by atomic mass is 19.4. The van der Waals surface area contributed by atoms with E-state index in [0.29, 0.717) is 24.4 Å². The third-order valence-corrected chi connectivity index (χ3v) is 2.87. The maximum Gasteiger partial charge on any atom is 0.417 e. The van der Waals surface area contributed by atoms with E-state index in [1.165, 1.54) is 10.7 Å². The number of aromatic nitrogens is 3. The lowest BCUT2D eigenvalue weighted by atomic mass is 10.3. The van der Waals surface area contributed by atoms with Crippen molar-refractivity contribution in [1.82, 2.24) is 14.8 Å². The molecule has 2 heterocycles. The van der Waals surface area contributed by atoms with Crippen LogP contribution in [0.25, 0.3) is 5.82 Å². The summed E-state index contributed by atoms with van der Waals surface area (Å²) in [4.78, 5) is 15.4. The number of hydrogen-bond donors (Lipinski definition) is 1. The van der Waals surface area contributed by atoms with Gasteiger partial charge in [-0.05, 0) is 25.5 Å². The number of rotatable bonds is 4. The van der Waals surface area contributed by atoms with E-state index in [0.717, 1.165) is 12.3 Å². The first-order valence-electron chi connectivity index (χ1n) is 6.71. The first-order chi connectivity index (χ1) is 10.3. The average Bonchev–Trinajstić information content (AvgIpc) is 2.79. The molecular weight excluding hydrogens is 297 g/mol. The molecule has 0 spiro atoms. The summed E-state index contributed by atoms with van der Waals surface area (Å²) in [5.74, 6) is 0.395. The van der Waals surface area contributed by atoms with Gasteiger partial charge >= 0.3 is 6.18 Å². The molecule has 0 aromatic carbocycles. The third-order valence-electron chi connectivity index (χ3n) is 2.87. The molecule has 118 valence electrons. The molecule has 8 heteroatoms. The molecule has 22 heavy (non-hydrogen) atoms. The minimum Gasteiger partial charge on any atom is -0.311 e. The lowest BCUT2D eigenvalue weighted by Gasteiger charge is -2.09. The van der Waals surface area contributed by atoms with Crippen LogP contribution in [0.5, 0.6) is 0 Å². The van der Waals surface area contributed by atoms with Gasteiger partial charge in [0, 0.05) is 18.7 Å². The standard InChI is InChI=1S/C14H15F3N4O/c1-3-4-13(22)19-12-7-9(2)20-21(12)11-6-5-10(8-18-11)14(15,16)17/h5-8H,3-4H2,1-2H3,(H,19,22). The van der Waals surface area contributed by atoms with Gasteiger partial charge in [0.15, 0.2) is 5.82 Å². The van der Waals surface area contributed by atoms with E-state index >= 15 is 0 Å². The Morgan fingerprint density at radius 3 is 2.64 bits per heavy atom. The summed E-state index contributed by atoms with van der Waals surface area (Å²) < 4.78 is 38.9. The van der Waals surface area contributed by atoms with Gasteiger partial charge in [0.1, 0.15) is 5.82 Å². The fourth-order valence-electron chi connectivity index (χ4n) is 1.87. The van der Waals surface area contributed by atoms with E-state index in [1.807, 2.05) is 6.92 Å². The molecule has 0 atom stereocenters. The number of nitrogens with one attached hydrogen (secondary N) is 1. The van der Waals surface area contributed by atoms with Crippen molar-refractivity contribution in [1.29, 1.82) is 0 Å². The number of pyridine rings is 1. The molecular formula is C14H15F3N4O. The highest BCUT2D eigenvalue weighted by Crippen LogP contribution is 2.29. The van der Waals surface area contributed by atoms with E-state index in [4.69, 9.17) is 0 Å². The molecule has 2 aromatic rings. The summed E-state index contributed by atoms with van der Waals surface area (Å²) in [6.07, 6.45) is -2.66. The number of anilines is 1. The normalized spacial score (nSPS) is 11.5. The van der Waals surface area contributed by atoms with E-state index < -0.39 is 11.7 Å². The summed E-state index contributed by atoms with van der Waals surface area (Å²) in [6.45, 7) is 3.59. The summed E-state index contributed by atoms with van der Waals surface area (Å²) in [6, 6.07) is 3.77. The van der Waals surface area contributed by atoms with Gasteiger partial charge in [-0.3, -0.25) is 4.79 Å². The highest BCUT2D eigenvalue weighted by molar-refractivity contribution is 5.90. The summed E-state index contributed by atoms with van der Waals surface area (Å²) >= 11 is 0. The molecule has 0 radical (unpaired) electrons. The van der Waals surface area contributed by atoms with Crippen molar-refractivity contribution in [3.63, 3.8) is 0 Å². The monoisotopic (exact) mass is 312 g/mol. The first kappa shape index (κ1) is 16.0. The van der Waals surface area contributed by atoms with Crippen LogP contribution >= 0.6 is 0 Å². The van der Waals surface area contributed by atoms with Crippen LogP contribution in [0.3, 0.4) is 0 Å². The Balaban J connectivity index is 2.30. The molecule has 0 bridgehead atoms. The zero-order valence-corrected chi connectivity index (χ0v) is 12.1. The predicted molar refractivity (Wildman–Crippen MR) is 74.6 cm³/mol. The molecule has 2 aromatic heterocycles. The van der Waals surface area contributed by atoms with Crippen LogP contribution in [-0.2, 0) is 11.0 Å². The van der Waals surface area contributed by atoms with Crippen molar-refractivity contribution in [2.24, 2.45) is 0 Å². The highest BCUT2D eigenvalue weighted by Gasteiger charge is 2.30. The van der Waals surface area contributed by atoms with E-state index in [-0.39, 0.29) is 11.7 Å². The zero-order valence-electron chi connectivity index (χ0n) is 12.1. The molecule has 0 fully saturated rings. The molecule has 1 N–H and O–H groups in total. The molecule has 5 nitrogen and oxygen atoms in total. The predicted octanol–water partition coefficient (Wildman–Crippen LogP) is 3.33. The maximum absolute atomic E-state index is 12.5. The van der Waals surface area contributed by atoms with Crippen molar-refractivity contribution in [3.8, 4) is 5.82 Å². The van der Waals surface area contributed by atoms with Gasteiger partial charge in [0.25, 0.3) is 0 Å². The van der Waals surface area contributed by atoms with Crippen LogP contribution < -0.4 is 5.32 Å². The second-order valence-corrected chi connectivity index (χ2v) is 4.78. The van der Waals surface area contributed by atoms with Gasteiger partial charge in [-0.2, -0.15) is 23.0 Å². The van der Waals surface area contributed by atoms with Crippen LogP contribution in [0, 0.1) is 6.92 Å². The Morgan fingerprint density at radius 2 is 2.09 bits per heavy atom. The number of halogens is 3. The molecule has 0 aliphatic heterocycles. The number of carbonyl (C=O) groups is 1. The molecule has 0 unspecified atom stereocenters. The number of nitrogens with zero attached hydrogens (tertiary/aromatic N) is 3. The Kier molecular flexibility index (Phi) is 4.48. The molecule has 0 aliphatic rings. The summed E-state index contributed by atoms with van der Waals surface area (Å²) in [5, 5.41) is 6.82. The van der Waals surface area contributed by atoms with Crippen molar-refractivity contribution in [2.75, 3.05) is 5.32 Å². The van der Waals surface area contributed by atoms with E-state index in [9.17, 15) is 18.0 Å². The topological polar surface area (TPSA) is 59.8 Å². The van der Waals surface area contributed by atoms with Crippen molar-refractivity contribution in [2.45, 2.75) is 32.9 Å². The van der Waals surface area contributed by atoms with Gasteiger partial charge in [-0.15, -0.1) is 0 Å². The molecule has 0 saturated carbocycles. The number of aryl methyl sites for hydroxylation is 1. The third kappa shape index (κ3) is 3.63. The average molecular weight is 312 g/mol. The maximum atomic E-state index is 12.5. The number of amides is 1. The minimum atomic E-state index is -4.44. The van der Waals surface area contributed by atoms with Crippen LogP contribution in [0.2, 0.25) is 0 Å². The fraction of sp³-hybridized carbons (Fsp3) is 0.357. The Bertz CT molecular complexity index is 662. The van der Waals surface area contributed by atoms with Gasteiger partial charge in [0.2, 0.25) is 5.91 Å². The van der Waals surface area contributed by atoms with Gasteiger partial charge in [-0.1, -0.05) is 6.92 Å². The Hall–Kier alpha value is -2.38. The molecule has 0 aliphatic carbocycles. The molecule has 1 amide bonds. The first-order valence-corrected chi connectivity index (χ1v) is 6.71. The van der Waals surface area contributed by atoms with Gasteiger partial charge in [0.05, 0.1) is 11.3 Å². The largest absolute Gasteiger partial charge is 0.417 e. The number of alkyl halides is 3. The molecule has 0 saturated heterocycles. The second kappa shape index (κ2) is 6.17. The van der Waals surface area contributed by atoms with E-state index in [1.54, 1.807) is 13.0 Å². The quantitative estimate of drug-likeness (QED) is 0.942. The van der Waals surface area contributed by atoms with Crippen molar-refractivity contribution >= 4 is 11.7 Å². The summed E-state index contributed by atoms with van der Waals surface area (Å²) in [7, 11) is 0. The smallest absolute Gasteiger partial charge is 0.311 e. The second-order valence-electron chi connectivity index (χ2n) is 4.78. The van der Waals surface area contributed by atoms with Crippen molar-refractivity contribution in [3.05, 3.63) is 35.7 Å². The van der Waals surface area contributed by atoms with Crippen LogP contribution in [0.1, 0.15) is 31.0 Å². The van der Waals surface area contributed by atoms with E-state index in [2.05, 4.69) is 15.4 Å². The van der Waals surface area contributed by atoms with Crippen LogP contribution in [0.4, 0.5) is 19.0 Å². The molecule has 2 rings (SSSR count). The number of carbonyl (C=O) groups excluding carboxylic acids is 1. The fourth-order valence-corrected chi connectivity index (χ4v) is 1.87.